The second kappa shape index (κ2) is 8.10. The Morgan fingerprint density at radius 2 is 1.67 bits per heavy atom. The summed E-state index contributed by atoms with van der Waals surface area (Å²) < 4.78 is 13.5. The first-order valence-corrected chi connectivity index (χ1v) is 5.19. The van der Waals surface area contributed by atoms with E-state index in [4.69, 9.17) is 0 Å². The average molecular weight is 259 g/mol. The van der Waals surface area contributed by atoms with Gasteiger partial charge in [-0.05, 0) is 6.92 Å². The number of methoxy groups -OCH3 is 3. The van der Waals surface area contributed by atoms with Gasteiger partial charge < -0.3 is 19.1 Å². The minimum atomic E-state index is -0.730. The first-order valence-electron chi connectivity index (χ1n) is 5.19. The van der Waals surface area contributed by atoms with E-state index < -0.39 is 17.9 Å². The van der Waals surface area contributed by atoms with Crippen molar-refractivity contribution >= 4 is 17.9 Å². The summed E-state index contributed by atoms with van der Waals surface area (Å²) in [6, 6.07) is 0. The van der Waals surface area contributed by atoms with Crippen LogP contribution in [0.25, 0.3) is 0 Å². The number of carbonyl (C=O) groups excluding carboxylic acids is 3. The quantitative estimate of drug-likeness (QED) is 0.368. The normalized spacial score (nSPS) is 10.6. The molecule has 0 aromatic heterocycles. The molecule has 0 aliphatic carbocycles. The predicted molar refractivity (Wildman–Crippen MR) is 61.4 cm³/mol. The average Bonchev–Trinajstić information content (AvgIpc) is 2.40. The second-order valence-electron chi connectivity index (χ2n) is 3.13. The maximum Gasteiger partial charge on any atom is 0.354 e. The molecule has 0 fully saturated rings. The highest BCUT2D eigenvalue weighted by atomic mass is 16.5. The Morgan fingerprint density at radius 3 is 2.06 bits per heavy atom. The molecule has 0 N–H and O–H groups in total. The highest BCUT2D eigenvalue weighted by Gasteiger charge is 2.21. The zero-order valence-electron chi connectivity index (χ0n) is 10.9. The summed E-state index contributed by atoms with van der Waals surface area (Å²) >= 11 is 0. The smallest absolute Gasteiger partial charge is 0.354 e. The van der Waals surface area contributed by atoms with Crippen molar-refractivity contribution in [1.29, 1.82) is 0 Å². The molecule has 0 radical (unpaired) electrons. The largest absolute Gasteiger partial charge is 0.468 e. The lowest BCUT2D eigenvalue weighted by molar-refractivity contribution is -0.143. The first kappa shape index (κ1) is 16.0. The predicted octanol–water partition coefficient (Wildman–Crippen LogP) is -0.289. The molecule has 7 nitrogen and oxygen atoms in total. The first-order chi connectivity index (χ1) is 8.49. The van der Waals surface area contributed by atoms with E-state index >= 15 is 0 Å². The lowest BCUT2D eigenvalue weighted by Gasteiger charge is -2.22. The van der Waals surface area contributed by atoms with E-state index in [0.29, 0.717) is 6.54 Å². The van der Waals surface area contributed by atoms with Crippen LogP contribution in [0, 0.1) is 0 Å². The van der Waals surface area contributed by atoms with Crippen LogP contribution in [0.3, 0.4) is 0 Å². The summed E-state index contributed by atoms with van der Waals surface area (Å²) in [6.07, 6.45) is 0.971. The molecule has 0 unspecified atom stereocenters. The van der Waals surface area contributed by atoms with E-state index in [2.05, 4.69) is 14.2 Å². The highest BCUT2D eigenvalue weighted by molar-refractivity contribution is 5.96. The van der Waals surface area contributed by atoms with Gasteiger partial charge in [-0.25, -0.2) is 9.59 Å². The van der Waals surface area contributed by atoms with Gasteiger partial charge in [0.1, 0.15) is 12.2 Å². The van der Waals surface area contributed by atoms with Gasteiger partial charge in [-0.2, -0.15) is 0 Å². The van der Waals surface area contributed by atoms with E-state index in [1.807, 2.05) is 0 Å². The fraction of sp³-hybridized carbons (Fsp3) is 0.545. The zero-order valence-corrected chi connectivity index (χ0v) is 10.9. The van der Waals surface area contributed by atoms with Crippen molar-refractivity contribution in [2.75, 3.05) is 34.4 Å². The van der Waals surface area contributed by atoms with Gasteiger partial charge in [-0.1, -0.05) is 0 Å². The number of hydrogen-bond donors (Lipinski definition) is 0. The molecule has 0 rings (SSSR count). The van der Waals surface area contributed by atoms with Crippen LogP contribution in [-0.4, -0.2) is 57.2 Å². The molecule has 0 heterocycles. The summed E-state index contributed by atoms with van der Waals surface area (Å²) in [5.41, 5.74) is -0.0581. The monoisotopic (exact) mass is 259 g/mol. The molecule has 0 spiro atoms. The molecule has 0 bridgehead atoms. The number of carbonyl (C=O) groups is 3. The lowest BCUT2D eigenvalue weighted by atomic mass is 10.3. The van der Waals surface area contributed by atoms with Crippen molar-refractivity contribution in [2.24, 2.45) is 0 Å². The molecule has 7 heteroatoms. The van der Waals surface area contributed by atoms with Crippen LogP contribution in [-0.2, 0) is 28.6 Å². The zero-order chi connectivity index (χ0) is 14.1. The maximum atomic E-state index is 11.5. The number of ether oxygens (including phenoxy) is 3. The molecule has 0 aromatic rings. The van der Waals surface area contributed by atoms with Gasteiger partial charge in [-0.3, -0.25) is 4.79 Å². The minimum Gasteiger partial charge on any atom is -0.468 e. The van der Waals surface area contributed by atoms with Gasteiger partial charge in [0.15, 0.2) is 0 Å². The van der Waals surface area contributed by atoms with Crippen LogP contribution in [0.4, 0.5) is 0 Å². The van der Waals surface area contributed by atoms with Gasteiger partial charge in [-0.15, -0.1) is 0 Å². The Morgan fingerprint density at radius 1 is 1.06 bits per heavy atom. The van der Waals surface area contributed by atoms with Gasteiger partial charge in [0, 0.05) is 6.54 Å². The minimum absolute atomic E-state index is 0.0581. The fourth-order valence-electron chi connectivity index (χ4n) is 1.14. The number of rotatable bonds is 6. The molecule has 0 atom stereocenters. The second-order valence-corrected chi connectivity index (χ2v) is 3.13. The SMILES string of the molecule is CCN(CC(=O)OC)/C(=C/C(=O)OC)C(=O)OC. The Bertz CT molecular complexity index is 349. The van der Waals surface area contributed by atoms with Crippen molar-refractivity contribution < 1.29 is 28.6 Å². The van der Waals surface area contributed by atoms with Crippen LogP contribution >= 0.6 is 0 Å². The third-order valence-electron chi connectivity index (χ3n) is 2.12. The molecular formula is C11H17NO6. The molecule has 0 saturated heterocycles. The number of hydrogen-bond acceptors (Lipinski definition) is 7. The summed E-state index contributed by atoms with van der Waals surface area (Å²) in [7, 11) is 3.60. The highest BCUT2D eigenvalue weighted by Crippen LogP contribution is 2.07. The van der Waals surface area contributed by atoms with E-state index in [-0.39, 0.29) is 12.2 Å². The molecule has 0 amide bonds. The lowest BCUT2D eigenvalue weighted by Crippen LogP contribution is -2.34. The molecule has 0 aliphatic heterocycles. The van der Waals surface area contributed by atoms with Gasteiger partial charge in [0.05, 0.1) is 27.4 Å². The topological polar surface area (TPSA) is 82.1 Å². The van der Waals surface area contributed by atoms with Crippen molar-refractivity contribution in [3.63, 3.8) is 0 Å². The van der Waals surface area contributed by atoms with Crippen LogP contribution in [0.1, 0.15) is 6.92 Å². The van der Waals surface area contributed by atoms with E-state index in [1.165, 1.54) is 26.2 Å². The number of nitrogens with zero attached hydrogens (tertiary/aromatic N) is 1. The Hall–Kier alpha value is -2.05. The summed E-state index contributed by atoms with van der Waals surface area (Å²) in [5.74, 6) is -1.97. The number of likely N-dealkylation sites (N-methyl/N-ethyl adjacent to an activating group) is 1. The molecule has 0 aromatic carbocycles. The van der Waals surface area contributed by atoms with E-state index in [0.717, 1.165) is 6.08 Å². The third kappa shape index (κ3) is 4.86. The summed E-state index contributed by atoms with van der Waals surface area (Å²) in [5, 5.41) is 0. The summed E-state index contributed by atoms with van der Waals surface area (Å²) in [6.45, 7) is 1.88. The molecule has 0 aliphatic rings. The van der Waals surface area contributed by atoms with Crippen LogP contribution in [0.15, 0.2) is 11.8 Å². The van der Waals surface area contributed by atoms with Gasteiger partial charge in [0.25, 0.3) is 0 Å². The van der Waals surface area contributed by atoms with Crippen LogP contribution < -0.4 is 0 Å². The number of esters is 3. The van der Waals surface area contributed by atoms with Crippen molar-refractivity contribution in [1.82, 2.24) is 4.90 Å². The Kier molecular flexibility index (Phi) is 7.18. The van der Waals surface area contributed by atoms with E-state index in [9.17, 15) is 14.4 Å². The van der Waals surface area contributed by atoms with Crippen molar-refractivity contribution in [3.05, 3.63) is 11.8 Å². The Labute approximate surface area is 105 Å². The fourth-order valence-corrected chi connectivity index (χ4v) is 1.14. The molecule has 102 valence electrons. The van der Waals surface area contributed by atoms with Crippen molar-refractivity contribution in [3.8, 4) is 0 Å². The molecular weight excluding hydrogens is 242 g/mol. The standard InChI is InChI=1S/C11H17NO6/c1-5-12(7-10(14)17-3)8(11(15)18-4)6-9(13)16-2/h6H,5,7H2,1-4H3/b8-6+. The third-order valence-corrected chi connectivity index (χ3v) is 2.12. The van der Waals surface area contributed by atoms with Gasteiger partial charge >= 0.3 is 17.9 Å². The van der Waals surface area contributed by atoms with Crippen LogP contribution in [0.2, 0.25) is 0 Å². The molecule has 0 saturated carbocycles. The van der Waals surface area contributed by atoms with E-state index in [1.54, 1.807) is 6.92 Å². The molecule has 18 heavy (non-hydrogen) atoms. The van der Waals surface area contributed by atoms with Crippen LogP contribution in [0.5, 0.6) is 0 Å². The Balaban J connectivity index is 5.13. The van der Waals surface area contributed by atoms with Gasteiger partial charge in [0.2, 0.25) is 0 Å². The van der Waals surface area contributed by atoms with Crippen molar-refractivity contribution in [2.45, 2.75) is 6.92 Å². The maximum absolute atomic E-state index is 11.5. The summed E-state index contributed by atoms with van der Waals surface area (Å²) in [4.78, 5) is 35.3.